The Morgan fingerprint density at radius 2 is 0.475 bits per heavy atom. The van der Waals surface area contributed by atoms with Crippen molar-refractivity contribution < 1.29 is 28.6 Å². The second kappa shape index (κ2) is 46.4. The van der Waals surface area contributed by atoms with Gasteiger partial charge < -0.3 is 14.2 Å². The minimum atomic E-state index is -0.763. The lowest BCUT2D eigenvalue weighted by Gasteiger charge is -2.18. The van der Waals surface area contributed by atoms with Gasteiger partial charge in [-0.3, -0.25) is 14.4 Å². The van der Waals surface area contributed by atoms with Crippen molar-refractivity contribution >= 4 is 17.9 Å². The fraction of sp³-hybridized carbons (Fsp3) is 0.945. The van der Waals surface area contributed by atoms with Crippen LogP contribution in [0, 0.1) is 17.8 Å². The van der Waals surface area contributed by atoms with Crippen LogP contribution in [-0.2, 0) is 28.6 Å². The van der Waals surface area contributed by atoms with Gasteiger partial charge >= 0.3 is 17.9 Å². The predicted octanol–water partition coefficient (Wildman–Crippen LogP) is 17.6. The average Bonchev–Trinajstić information content (AvgIpc) is 3.22. The van der Waals surface area contributed by atoms with Crippen LogP contribution in [0.3, 0.4) is 0 Å². The summed E-state index contributed by atoms with van der Waals surface area (Å²) in [7, 11) is 0. The van der Waals surface area contributed by atoms with Crippen LogP contribution in [0.1, 0.15) is 298 Å². The van der Waals surface area contributed by atoms with Crippen LogP contribution >= 0.6 is 0 Å². The van der Waals surface area contributed by atoms with E-state index < -0.39 is 6.10 Å². The molecule has 0 rings (SSSR count). The van der Waals surface area contributed by atoms with Gasteiger partial charge in [-0.1, -0.05) is 260 Å². The van der Waals surface area contributed by atoms with Crippen molar-refractivity contribution in [3.05, 3.63) is 0 Å². The molecule has 61 heavy (non-hydrogen) atoms. The van der Waals surface area contributed by atoms with Gasteiger partial charge in [-0.05, 0) is 37.0 Å². The first-order valence-electron chi connectivity index (χ1n) is 27.1. The summed E-state index contributed by atoms with van der Waals surface area (Å²) in [5.74, 6) is 1.61. The Morgan fingerprint density at radius 1 is 0.279 bits per heavy atom. The lowest BCUT2D eigenvalue weighted by Crippen LogP contribution is -2.30. The number of esters is 3. The van der Waals surface area contributed by atoms with Gasteiger partial charge in [-0.25, -0.2) is 0 Å². The standard InChI is InChI=1S/C55H106O6/c1-49(2)41-35-29-23-18-14-10-8-7-9-11-16-20-26-32-38-44-53(56)59-47-52(61-55(58)46-40-34-28-22-25-31-37-43-51(5)6)48-60-54(57)45-39-33-27-21-17-13-12-15-19-24-30-36-42-50(3)4/h49-52H,7-48H2,1-6H3/t52-/m0/s1. The minimum absolute atomic E-state index is 0.0648. The van der Waals surface area contributed by atoms with Crippen molar-refractivity contribution in [2.24, 2.45) is 17.8 Å². The largest absolute Gasteiger partial charge is 0.462 e. The molecule has 0 N–H and O–H groups in total. The lowest BCUT2D eigenvalue weighted by molar-refractivity contribution is -0.167. The maximum absolute atomic E-state index is 12.8. The summed E-state index contributed by atoms with van der Waals surface area (Å²) in [6, 6.07) is 0. The Morgan fingerprint density at radius 3 is 0.705 bits per heavy atom. The number of ether oxygens (including phenoxy) is 3. The van der Waals surface area contributed by atoms with Crippen LogP contribution in [-0.4, -0.2) is 37.2 Å². The molecule has 0 aromatic heterocycles. The molecule has 0 saturated carbocycles. The maximum atomic E-state index is 12.8. The maximum Gasteiger partial charge on any atom is 0.306 e. The van der Waals surface area contributed by atoms with Crippen molar-refractivity contribution in [1.29, 1.82) is 0 Å². The first-order chi connectivity index (χ1) is 29.6. The zero-order valence-electron chi connectivity index (χ0n) is 42.0. The Bertz CT molecular complexity index is 945. The summed E-state index contributed by atoms with van der Waals surface area (Å²) in [6.07, 6.45) is 46.7. The molecular weight excluding hydrogens is 757 g/mol. The van der Waals surface area contributed by atoms with E-state index in [0.29, 0.717) is 19.3 Å². The number of hydrogen-bond acceptors (Lipinski definition) is 6. The van der Waals surface area contributed by atoms with E-state index in [1.165, 1.54) is 180 Å². The average molecular weight is 863 g/mol. The third kappa shape index (κ3) is 49.3. The molecule has 0 radical (unpaired) electrons. The minimum Gasteiger partial charge on any atom is -0.462 e. The molecule has 0 unspecified atom stereocenters. The van der Waals surface area contributed by atoms with Crippen molar-refractivity contribution in [1.82, 2.24) is 0 Å². The summed E-state index contributed by atoms with van der Waals surface area (Å²) < 4.78 is 16.8. The summed E-state index contributed by atoms with van der Waals surface area (Å²) in [4.78, 5) is 38.0. The number of carbonyl (C=O) groups is 3. The molecule has 0 aliphatic heterocycles. The molecule has 0 amide bonds. The molecule has 362 valence electrons. The summed E-state index contributed by atoms with van der Waals surface area (Å²) >= 11 is 0. The summed E-state index contributed by atoms with van der Waals surface area (Å²) in [5.41, 5.74) is 0. The van der Waals surface area contributed by atoms with E-state index in [4.69, 9.17) is 14.2 Å². The predicted molar refractivity (Wildman–Crippen MR) is 261 cm³/mol. The zero-order valence-corrected chi connectivity index (χ0v) is 42.0. The van der Waals surface area contributed by atoms with Crippen LogP contribution in [0.5, 0.6) is 0 Å². The van der Waals surface area contributed by atoms with Crippen LogP contribution in [0.15, 0.2) is 0 Å². The quantitative estimate of drug-likeness (QED) is 0.0344. The Labute approximate surface area is 380 Å². The molecule has 1 atom stereocenters. The van der Waals surface area contributed by atoms with Gasteiger partial charge in [0.05, 0.1) is 0 Å². The van der Waals surface area contributed by atoms with Gasteiger partial charge in [-0.15, -0.1) is 0 Å². The Hall–Kier alpha value is -1.59. The smallest absolute Gasteiger partial charge is 0.306 e. The normalized spacial score (nSPS) is 12.1. The molecule has 6 heteroatoms. The number of rotatable bonds is 48. The van der Waals surface area contributed by atoms with Gasteiger partial charge in [0.15, 0.2) is 6.10 Å². The highest BCUT2D eigenvalue weighted by molar-refractivity contribution is 5.71. The van der Waals surface area contributed by atoms with E-state index in [-0.39, 0.29) is 31.1 Å². The van der Waals surface area contributed by atoms with Gasteiger partial charge in [0, 0.05) is 19.3 Å². The van der Waals surface area contributed by atoms with Crippen LogP contribution in [0.2, 0.25) is 0 Å². The van der Waals surface area contributed by atoms with E-state index in [0.717, 1.165) is 75.5 Å². The second-order valence-electron chi connectivity index (χ2n) is 20.3. The van der Waals surface area contributed by atoms with Crippen LogP contribution in [0.25, 0.3) is 0 Å². The number of hydrogen-bond donors (Lipinski definition) is 0. The lowest BCUT2D eigenvalue weighted by atomic mass is 10.0. The Kier molecular flexibility index (Phi) is 45.2. The van der Waals surface area contributed by atoms with Crippen molar-refractivity contribution in [3.63, 3.8) is 0 Å². The van der Waals surface area contributed by atoms with Gasteiger partial charge in [0.1, 0.15) is 13.2 Å². The molecule has 0 heterocycles. The summed E-state index contributed by atoms with van der Waals surface area (Å²) in [5, 5.41) is 0. The fourth-order valence-corrected chi connectivity index (χ4v) is 8.29. The van der Waals surface area contributed by atoms with Crippen molar-refractivity contribution in [3.8, 4) is 0 Å². The molecule has 0 aliphatic rings. The molecule has 0 aliphatic carbocycles. The molecule has 0 fully saturated rings. The number of carbonyl (C=O) groups excluding carboxylic acids is 3. The van der Waals surface area contributed by atoms with Crippen LogP contribution < -0.4 is 0 Å². The highest BCUT2D eigenvalue weighted by atomic mass is 16.6. The van der Waals surface area contributed by atoms with E-state index in [2.05, 4.69) is 41.5 Å². The zero-order chi connectivity index (χ0) is 44.9. The topological polar surface area (TPSA) is 78.9 Å². The molecule has 0 saturated heterocycles. The van der Waals surface area contributed by atoms with Gasteiger partial charge in [0.25, 0.3) is 0 Å². The monoisotopic (exact) mass is 863 g/mol. The fourth-order valence-electron chi connectivity index (χ4n) is 8.29. The van der Waals surface area contributed by atoms with Crippen LogP contribution in [0.4, 0.5) is 0 Å². The molecule has 0 aromatic rings. The van der Waals surface area contributed by atoms with E-state index in [1.54, 1.807) is 0 Å². The molecule has 6 nitrogen and oxygen atoms in total. The first-order valence-corrected chi connectivity index (χ1v) is 27.1. The SMILES string of the molecule is CC(C)CCCCCCCCCCCCCCCCCC(=O)OC[C@@H](COC(=O)CCCCCCCCCCCCCCC(C)C)OC(=O)CCCCCCCCCC(C)C. The second-order valence-corrected chi connectivity index (χ2v) is 20.3. The third-order valence-electron chi connectivity index (χ3n) is 12.4. The number of unbranched alkanes of at least 4 members (excludes halogenated alkanes) is 31. The highest BCUT2D eigenvalue weighted by Gasteiger charge is 2.19. The van der Waals surface area contributed by atoms with Gasteiger partial charge in [0.2, 0.25) is 0 Å². The molecular formula is C55H106O6. The summed E-state index contributed by atoms with van der Waals surface area (Å²) in [6.45, 7) is 13.7. The van der Waals surface area contributed by atoms with Gasteiger partial charge in [-0.2, -0.15) is 0 Å². The molecule has 0 bridgehead atoms. The van der Waals surface area contributed by atoms with E-state index in [1.807, 2.05) is 0 Å². The van der Waals surface area contributed by atoms with Crippen molar-refractivity contribution in [2.75, 3.05) is 13.2 Å². The molecule has 0 spiro atoms. The molecule has 0 aromatic carbocycles. The van der Waals surface area contributed by atoms with Crippen molar-refractivity contribution in [2.45, 2.75) is 304 Å². The van der Waals surface area contributed by atoms with E-state index >= 15 is 0 Å². The first kappa shape index (κ1) is 59.4. The third-order valence-corrected chi connectivity index (χ3v) is 12.4. The highest BCUT2D eigenvalue weighted by Crippen LogP contribution is 2.18. The Balaban J connectivity index is 4.24. The van der Waals surface area contributed by atoms with E-state index in [9.17, 15) is 14.4 Å².